The third-order valence-corrected chi connectivity index (χ3v) is 4.21. The molecule has 25 heavy (non-hydrogen) atoms. The largest absolute Gasteiger partial charge is 0.419 e. The van der Waals surface area contributed by atoms with Crippen molar-refractivity contribution in [2.75, 3.05) is 23.3 Å². The highest BCUT2D eigenvalue weighted by Crippen LogP contribution is 2.22. The average molecular weight is 357 g/mol. The van der Waals surface area contributed by atoms with Gasteiger partial charge in [0.1, 0.15) is 0 Å². The average Bonchev–Trinajstić information content (AvgIpc) is 3.11. The fraction of sp³-hybridized carbons (Fsp3) is 0.263. The molecule has 3 aromatic rings. The second-order valence-electron chi connectivity index (χ2n) is 5.58. The van der Waals surface area contributed by atoms with Crippen LogP contribution in [0, 0.1) is 0 Å². The van der Waals surface area contributed by atoms with Crippen molar-refractivity contribution in [2.24, 2.45) is 0 Å². The number of nitrogens with one attached hydrogen (secondary N) is 1. The first-order chi connectivity index (χ1) is 12.2. The van der Waals surface area contributed by atoms with Gasteiger partial charge in [-0.3, -0.25) is 0 Å². The summed E-state index contributed by atoms with van der Waals surface area (Å²) < 4.78 is 5.69. The molecule has 0 radical (unpaired) electrons. The number of halogens is 1. The Morgan fingerprint density at radius 3 is 2.48 bits per heavy atom. The summed E-state index contributed by atoms with van der Waals surface area (Å²) in [6, 6.07) is 15.7. The number of benzene rings is 2. The maximum Gasteiger partial charge on any atom is 0.247 e. The minimum absolute atomic E-state index is 0.469. The molecule has 0 aliphatic rings. The first-order valence-electron chi connectivity index (χ1n) is 8.36. The van der Waals surface area contributed by atoms with E-state index < -0.39 is 0 Å². The van der Waals surface area contributed by atoms with Crippen LogP contribution in [-0.2, 0) is 6.54 Å². The molecule has 0 amide bonds. The van der Waals surface area contributed by atoms with E-state index in [1.807, 2.05) is 18.2 Å². The first kappa shape index (κ1) is 17.3. The lowest BCUT2D eigenvalue weighted by Gasteiger charge is -2.21. The number of hydrogen-bond donors (Lipinski definition) is 1. The van der Waals surface area contributed by atoms with E-state index in [1.54, 1.807) is 6.07 Å². The van der Waals surface area contributed by atoms with Crippen LogP contribution in [-0.4, -0.2) is 23.3 Å². The minimum Gasteiger partial charge on any atom is -0.419 e. The molecule has 0 saturated heterocycles. The van der Waals surface area contributed by atoms with Crippen molar-refractivity contribution in [2.45, 2.75) is 20.4 Å². The van der Waals surface area contributed by atoms with Gasteiger partial charge < -0.3 is 14.6 Å². The van der Waals surface area contributed by atoms with E-state index in [2.05, 4.69) is 58.5 Å². The fourth-order valence-electron chi connectivity index (χ4n) is 2.62. The molecule has 3 rings (SSSR count). The molecule has 1 heterocycles. The van der Waals surface area contributed by atoms with Crippen molar-refractivity contribution < 1.29 is 4.42 Å². The maximum absolute atomic E-state index is 5.99. The zero-order chi connectivity index (χ0) is 17.6. The summed E-state index contributed by atoms with van der Waals surface area (Å²) in [6.45, 7) is 6.78. The summed E-state index contributed by atoms with van der Waals surface area (Å²) in [7, 11) is 0. The Morgan fingerprint density at radius 2 is 1.80 bits per heavy atom. The first-order valence-corrected chi connectivity index (χ1v) is 8.74. The predicted octanol–water partition coefficient (Wildman–Crippen LogP) is 4.85. The van der Waals surface area contributed by atoms with Crippen LogP contribution in [0.15, 0.2) is 52.9 Å². The predicted molar refractivity (Wildman–Crippen MR) is 102 cm³/mol. The molecule has 2 aromatic carbocycles. The van der Waals surface area contributed by atoms with Crippen molar-refractivity contribution in [3.63, 3.8) is 0 Å². The summed E-state index contributed by atoms with van der Waals surface area (Å²) in [5.41, 5.74) is 3.05. The topological polar surface area (TPSA) is 54.2 Å². The Morgan fingerprint density at radius 1 is 1.04 bits per heavy atom. The second-order valence-corrected chi connectivity index (χ2v) is 6.02. The molecule has 0 unspecified atom stereocenters. The van der Waals surface area contributed by atoms with Crippen molar-refractivity contribution in [1.29, 1.82) is 0 Å². The van der Waals surface area contributed by atoms with E-state index in [1.165, 1.54) is 5.69 Å². The third kappa shape index (κ3) is 4.31. The van der Waals surface area contributed by atoms with E-state index in [4.69, 9.17) is 16.0 Å². The highest BCUT2D eigenvalue weighted by molar-refractivity contribution is 6.30. The third-order valence-electron chi connectivity index (χ3n) is 3.98. The monoisotopic (exact) mass is 356 g/mol. The number of rotatable bonds is 7. The Hall–Kier alpha value is -2.53. The lowest BCUT2D eigenvalue weighted by molar-refractivity contribution is 0.515. The van der Waals surface area contributed by atoms with E-state index >= 15 is 0 Å². The van der Waals surface area contributed by atoms with Gasteiger partial charge in [0, 0.05) is 35.1 Å². The molecule has 0 atom stereocenters. The molecule has 0 bridgehead atoms. The van der Waals surface area contributed by atoms with Crippen LogP contribution < -0.4 is 10.2 Å². The summed E-state index contributed by atoms with van der Waals surface area (Å²) in [4.78, 5) is 2.30. The van der Waals surface area contributed by atoms with Gasteiger partial charge in [-0.25, -0.2) is 0 Å². The summed E-state index contributed by atoms with van der Waals surface area (Å²) in [5.74, 6) is 0.999. The molecule has 5 nitrogen and oxygen atoms in total. The molecule has 0 fully saturated rings. The van der Waals surface area contributed by atoms with Gasteiger partial charge >= 0.3 is 0 Å². The highest BCUT2D eigenvalue weighted by atomic mass is 35.5. The van der Waals surface area contributed by atoms with Crippen molar-refractivity contribution >= 4 is 23.0 Å². The Labute approximate surface area is 152 Å². The molecule has 0 aliphatic carbocycles. The Kier molecular flexibility index (Phi) is 5.56. The smallest absolute Gasteiger partial charge is 0.247 e. The van der Waals surface area contributed by atoms with Gasteiger partial charge in [-0.1, -0.05) is 17.7 Å². The Bertz CT molecular complexity index is 812. The van der Waals surface area contributed by atoms with E-state index in [0.29, 0.717) is 23.3 Å². The molecule has 0 saturated carbocycles. The summed E-state index contributed by atoms with van der Waals surface area (Å²) in [6.07, 6.45) is 0. The molecular formula is C19H21ClN4O. The molecule has 0 spiro atoms. The quantitative estimate of drug-likeness (QED) is 0.656. The summed E-state index contributed by atoms with van der Waals surface area (Å²) in [5, 5.41) is 12.1. The van der Waals surface area contributed by atoms with Gasteiger partial charge in [-0.15, -0.1) is 10.2 Å². The van der Waals surface area contributed by atoms with Crippen LogP contribution in [0.4, 0.5) is 11.4 Å². The van der Waals surface area contributed by atoms with Crippen molar-refractivity contribution in [3.05, 3.63) is 59.4 Å². The molecule has 1 N–H and O–H groups in total. The molecule has 6 heteroatoms. The minimum atomic E-state index is 0.469. The van der Waals surface area contributed by atoms with Crippen molar-refractivity contribution in [1.82, 2.24) is 10.2 Å². The van der Waals surface area contributed by atoms with Crippen LogP contribution in [0.25, 0.3) is 11.5 Å². The number of nitrogens with zero attached hydrogens (tertiary/aromatic N) is 3. The highest BCUT2D eigenvalue weighted by Gasteiger charge is 2.09. The SMILES string of the molecule is CCN(CC)c1ccc(NCc2nnc(-c3cccc(Cl)c3)o2)cc1. The van der Waals surface area contributed by atoms with Crippen LogP contribution >= 0.6 is 11.6 Å². The van der Waals surface area contributed by atoms with Gasteiger partial charge in [0.25, 0.3) is 0 Å². The van der Waals surface area contributed by atoms with Gasteiger partial charge in [0.05, 0.1) is 6.54 Å². The van der Waals surface area contributed by atoms with E-state index in [9.17, 15) is 0 Å². The fourth-order valence-corrected chi connectivity index (χ4v) is 2.81. The summed E-state index contributed by atoms with van der Waals surface area (Å²) >= 11 is 5.99. The lowest BCUT2D eigenvalue weighted by atomic mass is 10.2. The molecule has 1 aromatic heterocycles. The number of anilines is 2. The van der Waals surface area contributed by atoms with E-state index in [0.717, 1.165) is 24.3 Å². The van der Waals surface area contributed by atoms with Crippen LogP contribution in [0.3, 0.4) is 0 Å². The normalized spacial score (nSPS) is 10.7. The number of aromatic nitrogens is 2. The zero-order valence-corrected chi connectivity index (χ0v) is 15.1. The molecule has 130 valence electrons. The zero-order valence-electron chi connectivity index (χ0n) is 14.4. The van der Waals surface area contributed by atoms with Crippen molar-refractivity contribution in [3.8, 4) is 11.5 Å². The second kappa shape index (κ2) is 8.03. The van der Waals surface area contributed by atoms with Gasteiger partial charge in [0.2, 0.25) is 11.8 Å². The molecule has 0 aliphatic heterocycles. The molecular weight excluding hydrogens is 336 g/mol. The van der Waals surface area contributed by atoms with Gasteiger partial charge in [-0.05, 0) is 56.3 Å². The van der Waals surface area contributed by atoms with Crippen LogP contribution in [0.5, 0.6) is 0 Å². The van der Waals surface area contributed by atoms with Crippen LogP contribution in [0.2, 0.25) is 5.02 Å². The van der Waals surface area contributed by atoms with E-state index in [-0.39, 0.29) is 0 Å². The van der Waals surface area contributed by atoms with Crippen LogP contribution in [0.1, 0.15) is 19.7 Å². The Balaban J connectivity index is 1.62. The van der Waals surface area contributed by atoms with Gasteiger partial charge in [-0.2, -0.15) is 0 Å². The number of hydrogen-bond acceptors (Lipinski definition) is 5. The lowest BCUT2D eigenvalue weighted by Crippen LogP contribution is -2.21. The standard InChI is InChI=1S/C19H21ClN4O/c1-3-24(4-2)17-10-8-16(9-11-17)21-13-18-22-23-19(25-18)14-6-5-7-15(20)12-14/h5-12,21H,3-4,13H2,1-2H3. The van der Waals surface area contributed by atoms with Gasteiger partial charge in [0.15, 0.2) is 0 Å². The maximum atomic E-state index is 5.99.